The first-order valence-corrected chi connectivity index (χ1v) is 6.87. The van der Waals surface area contributed by atoms with Crippen molar-refractivity contribution in [3.63, 3.8) is 0 Å². The van der Waals surface area contributed by atoms with Crippen LogP contribution >= 0.6 is 0 Å². The number of amides is 1. The van der Waals surface area contributed by atoms with Gasteiger partial charge < -0.3 is 11.1 Å². The lowest BCUT2D eigenvalue weighted by molar-refractivity contribution is -0.121. The van der Waals surface area contributed by atoms with Gasteiger partial charge in [-0.25, -0.2) is 0 Å². The van der Waals surface area contributed by atoms with Crippen molar-refractivity contribution >= 4 is 5.91 Å². The van der Waals surface area contributed by atoms with E-state index >= 15 is 0 Å². The number of hydrogen-bond acceptors (Lipinski definition) is 3. The molecule has 0 unspecified atom stereocenters. The highest BCUT2D eigenvalue weighted by molar-refractivity contribution is 5.76. The molecule has 0 radical (unpaired) electrons. The second-order valence-corrected chi connectivity index (χ2v) is 5.02. The zero-order valence-corrected chi connectivity index (χ0v) is 11.9. The van der Waals surface area contributed by atoms with Gasteiger partial charge in [-0.05, 0) is 19.4 Å². The van der Waals surface area contributed by atoms with Gasteiger partial charge in [0, 0.05) is 38.6 Å². The summed E-state index contributed by atoms with van der Waals surface area (Å²) in [6.07, 6.45) is 0.519. The molecule has 0 aliphatic carbocycles. The van der Waals surface area contributed by atoms with E-state index in [9.17, 15) is 4.79 Å². The fourth-order valence-corrected chi connectivity index (χ4v) is 1.95. The summed E-state index contributed by atoms with van der Waals surface area (Å²) >= 11 is 0. The lowest BCUT2D eigenvalue weighted by Crippen LogP contribution is -2.35. The minimum Gasteiger partial charge on any atom is -0.354 e. The predicted octanol–water partition coefficient (Wildman–Crippen LogP) is 1.36. The van der Waals surface area contributed by atoms with Gasteiger partial charge in [-0.2, -0.15) is 0 Å². The van der Waals surface area contributed by atoms with Crippen molar-refractivity contribution in [2.24, 2.45) is 5.73 Å². The zero-order valence-electron chi connectivity index (χ0n) is 11.9. The molecule has 0 aliphatic heterocycles. The summed E-state index contributed by atoms with van der Waals surface area (Å²) in [5.74, 6) is 0.102. The molecule has 3 N–H and O–H groups in total. The number of benzene rings is 1. The molecule has 0 aromatic heterocycles. The van der Waals surface area contributed by atoms with E-state index in [0.717, 1.165) is 19.6 Å². The highest BCUT2D eigenvalue weighted by Gasteiger charge is 2.09. The second kappa shape index (κ2) is 8.67. The molecule has 0 spiro atoms. The van der Waals surface area contributed by atoms with Crippen LogP contribution in [0.3, 0.4) is 0 Å². The van der Waals surface area contributed by atoms with Gasteiger partial charge in [0.1, 0.15) is 0 Å². The second-order valence-electron chi connectivity index (χ2n) is 5.02. The summed E-state index contributed by atoms with van der Waals surface area (Å²) < 4.78 is 0. The van der Waals surface area contributed by atoms with Crippen molar-refractivity contribution in [1.82, 2.24) is 10.2 Å². The van der Waals surface area contributed by atoms with Crippen LogP contribution < -0.4 is 11.1 Å². The molecule has 0 atom stereocenters. The van der Waals surface area contributed by atoms with Gasteiger partial charge in [0.2, 0.25) is 5.91 Å². The first-order valence-electron chi connectivity index (χ1n) is 6.87. The molecule has 0 bridgehead atoms. The van der Waals surface area contributed by atoms with Crippen molar-refractivity contribution in [3.8, 4) is 0 Å². The first kappa shape index (κ1) is 15.7. The van der Waals surface area contributed by atoms with E-state index in [1.807, 2.05) is 32.0 Å². The van der Waals surface area contributed by atoms with E-state index in [4.69, 9.17) is 5.73 Å². The maximum absolute atomic E-state index is 11.6. The van der Waals surface area contributed by atoms with Crippen LogP contribution in [-0.2, 0) is 11.3 Å². The van der Waals surface area contributed by atoms with E-state index in [0.29, 0.717) is 13.0 Å². The van der Waals surface area contributed by atoms with Gasteiger partial charge >= 0.3 is 0 Å². The Morgan fingerprint density at radius 2 is 1.95 bits per heavy atom. The van der Waals surface area contributed by atoms with Crippen LogP contribution in [0.15, 0.2) is 30.3 Å². The highest BCUT2D eigenvalue weighted by atomic mass is 16.1. The van der Waals surface area contributed by atoms with E-state index in [2.05, 4.69) is 22.3 Å². The summed E-state index contributed by atoms with van der Waals surface area (Å²) in [5, 5.41) is 2.91. The van der Waals surface area contributed by atoms with Crippen molar-refractivity contribution in [2.45, 2.75) is 32.9 Å². The van der Waals surface area contributed by atoms with Gasteiger partial charge in [-0.15, -0.1) is 0 Å². The first-order chi connectivity index (χ1) is 9.11. The largest absolute Gasteiger partial charge is 0.354 e. The van der Waals surface area contributed by atoms with Crippen LogP contribution in [0, 0.1) is 0 Å². The molecule has 1 rings (SSSR count). The molecule has 0 saturated heterocycles. The Balaban J connectivity index is 2.42. The van der Waals surface area contributed by atoms with E-state index in [1.54, 1.807) is 0 Å². The highest BCUT2D eigenvalue weighted by Crippen LogP contribution is 2.04. The van der Waals surface area contributed by atoms with Crippen LogP contribution in [0.2, 0.25) is 0 Å². The summed E-state index contributed by atoms with van der Waals surface area (Å²) in [7, 11) is 0. The standard InChI is InChI=1S/C15H25N3O/c1-13(2)17-15(19)8-10-18(11-9-16)12-14-6-4-3-5-7-14/h3-7,13H,8-12,16H2,1-2H3,(H,17,19). The SMILES string of the molecule is CC(C)NC(=O)CCN(CCN)Cc1ccccc1. The number of carbonyl (C=O) groups excluding carboxylic acids is 1. The smallest absolute Gasteiger partial charge is 0.221 e. The Kier molecular flexibility index (Phi) is 7.15. The third-order valence-corrected chi connectivity index (χ3v) is 2.80. The van der Waals surface area contributed by atoms with Crippen molar-refractivity contribution < 1.29 is 4.79 Å². The molecule has 0 saturated carbocycles. The third-order valence-electron chi connectivity index (χ3n) is 2.80. The molecule has 106 valence electrons. The Bertz CT molecular complexity index is 365. The number of nitrogens with one attached hydrogen (secondary N) is 1. The van der Waals surface area contributed by atoms with Crippen LogP contribution in [0.1, 0.15) is 25.8 Å². The molecule has 1 aromatic rings. The molecule has 0 heterocycles. The van der Waals surface area contributed by atoms with Crippen LogP contribution in [0.4, 0.5) is 0 Å². The molecule has 1 aromatic carbocycles. The lowest BCUT2D eigenvalue weighted by atomic mass is 10.2. The Hall–Kier alpha value is -1.39. The van der Waals surface area contributed by atoms with Crippen LogP contribution in [-0.4, -0.2) is 36.5 Å². The summed E-state index contributed by atoms with van der Waals surface area (Å²) in [4.78, 5) is 13.9. The maximum Gasteiger partial charge on any atom is 0.221 e. The fraction of sp³-hybridized carbons (Fsp3) is 0.533. The fourth-order valence-electron chi connectivity index (χ4n) is 1.95. The van der Waals surface area contributed by atoms with Gasteiger partial charge in [0.25, 0.3) is 0 Å². The van der Waals surface area contributed by atoms with Gasteiger partial charge in [0.15, 0.2) is 0 Å². The molecule has 19 heavy (non-hydrogen) atoms. The monoisotopic (exact) mass is 263 g/mol. The number of nitrogens with zero attached hydrogens (tertiary/aromatic N) is 1. The molecule has 4 nitrogen and oxygen atoms in total. The summed E-state index contributed by atoms with van der Waals surface area (Å²) in [6, 6.07) is 10.5. The number of carbonyl (C=O) groups is 1. The van der Waals surface area contributed by atoms with Crippen LogP contribution in [0.5, 0.6) is 0 Å². The van der Waals surface area contributed by atoms with Gasteiger partial charge in [0.05, 0.1) is 0 Å². The topological polar surface area (TPSA) is 58.4 Å². The van der Waals surface area contributed by atoms with Crippen molar-refractivity contribution in [3.05, 3.63) is 35.9 Å². The van der Waals surface area contributed by atoms with Gasteiger partial charge in [-0.3, -0.25) is 9.69 Å². The van der Waals surface area contributed by atoms with Crippen molar-refractivity contribution in [2.75, 3.05) is 19.6 Å². The van der Waals surface area contributed by atoms with E-state index < -0.39 is 0 Å². The molecular formula is C15H25N3O. The molecule has 4 heteroatoms. The quantitative estimate of drug-likeness (QED) is 0.744. The molecular weight excluding hydrogens is 238 g/mol. The Labute approximate surface area is 116 Å². The normalized spacial score (nSPS) is 11.0. The maximum atomic E-state index is 11.6. The molecule has 0 fully saturated rings. The van der Waals surface area contributed by atoms with E-state index in [-0.39, 0.29) is 11.9 Å². The number of nitrogens with two attached hydrogens (primary N) is 1. The summed E-state index contributed by atoms with van der Waals surface area (Å²) in [6.45, 7) is 6.94. The summed E-state index contributed by atoms with van der Waals surface area (Å²) in [5.41, 5.74) is 6.88. The van der Waals surface area contributed by atoms with E-state index in [1.165, 1.54) is 5.56 Å². The third kappa shape index (κ3) is 6.94. The van der Waals surface area contributed by atoms with Crippen LogP contribution in [0.25, 0.3) is 0 Å². The number of rotatable bonds is 8. The Morgan fingerprint density at radius 1 is 1.26 bits per heavy atom. The average Bonchev–Trinajstić information content (AvgIpc) is 2.37. The van der Waals surface area contributed by atoms with Crippen molar-refractivity contribution in [1.29, 1.82) is 0 Å². The average molecular weight is 263 g/mol. The lowest BCUT2D eigenvalue weighted by Gasteiger charge is -2.21. The molecule has 0 aliphatic rings. The molecule has 1 amide bonds. The minimum atomic E-state index is 0.102. The Morgan fingerprint density at radius 3 is 2.53 bits per heavy atom. The van der Waals surface area contributed by atoms with Gasteiger partial charge in [-0.1, -0.05) is 30.3 Å². The zero-order chi connectivity index (χ0) is 14.1. The predicted molar refractivity (Wildman–Crippen MR) is 78.7 cm³/mol. The number of hydrogen-bond donors (Lipinski definition) is 2. The minimum absolute atomic E-state index is 0.102.